The van der Waals surface area contributed by atoms with Gasteiger partial charge in [-0.15, -0.1) is 0 Å². The number of carbonyl (C=O) groups is 4. The summed E-state index contributed by atoms with van der Waals surface area (Å²) in [5.41, 5.74) is 15.8. The lowest BCUT2D eigenvalue weighted by Gasteiger charge is -2.30. The predicted octanol–water partition coefficient (Wildman–Crippen LogP) is -3.81. The Labute approximate surface area is 204 Å². The second-order valence-corrected chi connectivity index (χ2v) is 8.45. The number of hydrogen-bond donors (Lipinski definition) is 7. The second-order valence-electron chi connectivity index (χ2n) is 8.45. The zero-order chi connectivity index (χ0) is 25.8. The van der Waals surface area contributed by atoms with Crippen LogP contribution >= 0.6 is 0 Å². The molecule has 2 unspecified atom stereocenters. The Kier molecular flexibility index (Phi) is 11.2. The second kappa shape index (κ2) is 14.1. The fraction of sp³-hybridized carbons (Fsp3) is 0.700. The lowest BCUT2D eigenvalue weighted by atomic mass is 10.1. The number of rotatable bonds is 11. The minimum atomic E-state index is -0.858. The van der Waals surface area contributed by atoms with Gasteiger partial charge in [0, 0.05) is 65.2 Å². The largest absolute Gasteiger partial charge is 0.370 e. The molecule has 0 aromatic heterocycles. The summed E-state index contributed by atoms with van der Waals surface area (Å²) >= 11 is 0. The SMILES string of the molecule is CN(C(=O)CC(CCCN=C(N)N)NC(=O)CCN1CCNCC1)C1CN=C(NC(N)=O)NC1=O. The number of carbonyl (C=O) groups excluding carboxylic acids is 4. The summed E-state index contributed by atoms with van der Waals surface area (Å²) in [7, 11) is 1.50. The van der Waals surface area contributed by atoms with Crippen LogP contribution < -0.4 is 38.5 Å². The zero-order valence-electron chi connectivity index (χ0n) is 20.1. The number of likely N-dealkylation sites (N-methyl/N-ethyl adjacent to an activating group) is 1. The van der Waals surface area contributed by atoms with Crippen molar-refractivity contribution in [2.24, 2.45) is 27.2 Å². The summed E-state index contributed by atoms with van der Waals surface area (Å²) in [5, 5.41) is 10.8. The molecule has 1 saturated heterocycles. The lowest BCUT2D eigenvalue weighted by Crippen LogP contribution is -2.58. The van der Waals surface area contributed by atoms with Crippen LogP contribution in [0.4, 0.5) is 4.79 Å². The molecule has 0 aromatic carbocycles. The van der Waals surface area contributed by atoms with Crippen molar-refractivity contribution in [3.8, 4) is 0 Å². The highest BCUT2D eigenvalue weighted by atomic mass is 16.2. The number of amides is 5. The number of nitrogens with zero attached hydrogens (tertiary/aromatic N) is 4. The van der Waals surface area contributed by atoms with Gasteiger partial charge < -0.3 is 37.6 Å². The number of nitrogens with one attached hydrogen (secondary N) is 4. The summed E-state index contributed by atoms with van der Waals surface area (Å²) < 4.78 is 0. The molecule has 5 amide bonds. The maximum atomic E-state index is 13.0. The Morgan fingerprint density at radius 1 is 1.26 bits per heavy atom. The van der Waals surface area contributed by atoms with Gasteiger partial charge in [-0.25, -0.2) is 9.79 Å². The molecular formula is C20H37N11O4. The normalized spacial score (nSPS) is 19.1. The van der Waals surface area contributed by atoms with E-state index < -0.39 is 24.0 Å². The third kappa shape index (κ3) is 10.1. The van der Waals surface area contributed by atoms with Gasteiger partial charge in [-0.2, -0.15) is 0 Å². The average molecular weight is 496 g/mol. The molecule has 0 saturated carbocycles. The molecule has 0 aromatic rings. The van der Waals surface area contributed by atoms with E-state index in [4.69, 9.17) is 17.2 Å². The maximum Gasteiger partial charge on any atom is 0.318 e. The van der Waals surface area contributed by atoms with Crippen LogP contribution in [0.25, 0.3) is 0 Å². The highest BCUT2D eigenvalue weighted by Crippen LogP contribution is 2.10. The summed E-state index contributed by atoms with van der Waals surface area (Å²) in [6.45, 7) is 4.56. The van der Waals surface area contributed by atoms with Crippen LogP contribution in [0.5, 0.6) is 0 Å². The van der Waals surface area contributed by atoms with Crippen molar-refractivity contribution in [3.05, 3.63) is 0 Å². The molecule has 2 atom stereocenters. The molecule has 10 N–H and O–H groups in total. The predicted molar refractivity (Wildman–Crippen MR) is 130 cm³/mol. The van der Waals surface area contributed by atoms with Crippen molar-refractivity contribution < 1.29 is 19.2 Å². The molecule has 2 heterocycles. The Bertz CT molecular complexity index is 822. The summed E-state index contributed by atoms with van der Waals surface area (Å²) in [5.74, 6) is -1.06. The minimum Gasteiger partial charge on any atom is -0.370 e. The van der Waals surface area contributed by atoms with E-state index in [9.17, 15) is 19.2 Å². The van der Waals surface area contributed by atoms with E-state index >= 15 is 0 Å². The molecule has 0 spiro atoms. The van der Waals surface area contributed by atoms with Crippen LogP contribution in [-0.2, 0) is 14.4 Å². The van der Waals surface area contributed by atoms with E-state index in [1.807, 2.05) is 0 Å². The minimum absolute atomic E-state index is 0.00240. The number of aliphatic imine (C=N–C) groups is 2. The van der Waals surface area contributed by atoms with Crippen LogP contribution in [0.15, 0.2) is 9.98 Å². The van der Waals surface area contributed by atoms with Gasteiger partial charge in [0.15, 0.2) is 5.96 Å². The standard InChI is InChI=1S/C20H37N11O4/c1-30(14-12-26-20(28-17(14)34)29-19(23)35)16(33)11-13(3-2-5-25-18(21)22)27-15(32)4-8-31-9-6-24-7-10-31/h13-14,24H,2-12H2,1H3,(H,27,32)(H4,21,22,25)(H4,23,26,28,29,34,35). The number of primary amides is 1. The van der Waals surface area contributed by atoms with Crippen LogP contribution in [0.1, 0.15) is 25.7 Å². The number of nitrogens with two attached hydrogens (primary N) is 3. The van der Waals surface area contributed by atoms with E-state index in [2.05, 4.69) is 36.2 Å². The Hall–Kier alpha value is -3.46. The molecule has 2 rings (SSSR count). The van der Waals surface area contributed by atoms with Gasteiger partial charge in [0.05, 0.1) is 6.54 Å². The van der Waals surface area contributed by atoms with Gasteiger partial charge in [-0.3, -0.25) is 30.0 Å². The van der Waals surface area contributed by atoms with Crippen LogP contribution in [0.2, 0.25) is 0 Å². The molecule has 2 aliphatic rings. The number of guanidine groups is 2. The monoisotopic (exact) mass is 495 g/mol. The smallest absolute Gasteiger partial charge is 0.318 e. The van der Waals surface area contributed by atoms with Crippen LogP contribution in [0.3, 0.4) is 0 Å². The molecule has 15 heteroatoms. The van der Waals surface area contributed by atoms with E-state index in [1.165, 1.54) is 11.9 Å². The average Bonchev–Trinajstić information content (AvgIpc) is 2.80. The van der Waals surface area contributed by atoms with Gasteiger partial charge in [0.25, 0.3) is 5.91 Å². The van der Waals surface area contributed by atoms with Crippen molar-refractivity contribution in [2.75, 3.05) is 52.9 Å². The first-order valence-electron chi connectivity index (χ1n) is 11.6. The van der Waals surface area contributed by atoms with E-state index in [-0.39, 0.29) is 36.7 Å². The molecular weight excluding hydrogens is 458 g/mol. The fourth-order valence-corrected chi connectivity index (χ4v) is 3.78. The van der Waals surface area contributed by atoms with Gasteiger partial charge in [-0.1, -0.05) is 0 Å². The summed E-state index contributed by atoms with van der Waals surface area (Å²) in [4.78, 5) is 60.4. The van der Waals surface area contributed by atoms with Crippen molar-refractivity contribution >= 4 is 35.7 Å². The van der Waals surface area contributed by atoms with Gasteiger partial charge in [0.1, 0.15) is 6.04 Å². The maximum absolute atomic E-state index is 13.0. The van der Waals surface area contributed by atoms with Crippen molar-refractivity contribution in [1.29, 1.82) is 0 Å². The number of piperazine rings is 1. The molecule has 15 nitrogen and oxygen atoms in total. The highest BCUT2D eigenvalue weighted by molar-refractivity contribution is 6.07. The molecule has 0 radical (unpaired) electrons. The van der Waals surface area contributed by atoms with Crippen LogP contribution in [-0.4, -0.2) is 110 Å². The molecule has 35 heavy (non-hydrogen) atoms. The van der Waals surface area contributed by atoms with Gasteiger partial charge >= 0.3 is 6.03 Å². The third-order valence-electron chi connectivity index (χ3n) is 5.73. The Balaban J connectivity index is 1.93. The lowest BCUT2D eigenvalue weighted by molar-refractivity contribution is -0.139. The Morgan fingerprint density at radius 3 is 2.60 bits per heavy atom. The van der Waals surface area contributed by atoms with Crippen molar-refractivity contribution in [1.82, 2.24) is 31.1 Å². The first-order valence-corrected chi connectivity index (χ1v) is 11.6. The summed E-state index contributed by atoms with van der Waals surface area (Å²) in [6, 6.07) is -2.16. The Morgan fingerprint density at radius 2 is 1.97 bits per heavy atom. The first-order chi connectivity index (χ1) is 16.7. The van der Waals surface area contributed by atoms with Gasteiger partial charge in [0.2, 0.25) is 17.8 Å². The van der Waals surface area contributed by atoms with Crippen molar-refractivity contribution in [3.63, 3.8) is 0 Å². The van der Waals surface area contributed by atoms with E-state index in [0.717, 1.165) is 26.2 Å². The number of urea groups is 1. The number of hydrogen-bond acceptors (Lipinski definition) is 8. The zero-order valence-corrected chi connectivity index (χ0v) is 20.1. The van der Waals surface area contributed by atoms with Gasteiger partial charge in [-0.05, 0) is 12.8 Å². The molecule has 0 bridgehead atoms. The van der Waals surface area contributed by atoms with E-state index in [1.54, 1.807) is 0 Å². The first kappa shape index (κ1) is 27.8. The van der Waals surface area contributed by atoms with Crippen molar-refractivity contribution in [2.45, 2.75) is 37.8 Å². The fourth-order valence-electron chi connectivity index (χ4n) is 3.78. The third-order valence-corrected chi connectivity index (χ3v) is 5.73. The van der Waals surface area contributed by atoms with Crippen LogP contribution in [0, 0.1) is 0 Å². The summed E-state index contributed by atoms with van der Waals surface area (Å²) in [6.07, 6.45) is 1.37. The molecule has 2 aliphatic heterocycles. The topological polar surface area (TPSA) is 226 Å². The molecule has 0 aliphatic carbocycles. The quantitative estimate of drug-likeness (QED) is 0.0852. The van der Waals surface area contributed by atoms with E-state index in [0.29, 0.717) is 32.4 Å². The highest BCUT2D eigenvalue weighted by Gasteiger charge is 2.32. The molecule has 196 valence electrons. The molecule has 1 fully saturated rings.